The van der Waals surface area contributed by atoms with Gasteiger partial charge in [0.25, 0.3) is 5.91 Å². The van der Waals surface area contributed by atoms with Gasteiger partial charge in [0.15, 0.2) is 0 Å². The molecule has 0 aliphatic carbocycles. The van der Waals surface area contributed by atoms with Gasteiger partial charge in [0.2, 0.25) is 10.0 Å². The second kappa shape index (κ2) is 10.6. The fourth-order valence-corrected chi connectivity index (χ4v) is 6.90. The van der Waals surface area contributed by atoms with E-state index in [1.54, 1.807) is 28.8 Å². The Balaban J connectivity index is 1.36. The highest BCUT2D eigenvalue weighted by Gasteiger charge is 2.31. The topological polar surface area (TPSA) is 77.1 Å². The number of hydrogen-bond acceptors (Lipinski definition) is 6. The maximum Gasteiger partial charge on any atom is 0.256 e. The third-order valence-corrected chi connectivity index (χ3v) is 9.31. The van der Waals surface area contributed by atoms with Crippen LogP contribution in [0.5, 0.6) is 0 Å². The Kier molecular flexibility index (Phi) is 7.36. The highest BCUT2D eigenvalue weighted by Crippen LogP contribution is 2.30. The minimum atomic E-state index is -3.60. The molecule has 0 bridgehead atoms. The number of hydrogen-bond donors (Lipinski definition) is 0. The summed E-state index contributed by atoms with van der Waals surface area (Å²) in [5, 5.41) is 0. The van der Waals surface area contributed by atoms with Crippen LogP contribution < -0.4 is 4.90 Å². The fourth-order valence-electron chi connectivity index (χ4n) is 5.36. The molecule has 0 spiro atoms. The van der Waals surface area contributed by atoms with Crippen LogP contribution in [0.1, 0.15) is 48.0 Å². The highest BCUT2D eigenvalue weighted by atomic mass is 32.2. The largest absolute Gasteiger partial charge is 0.371 e. The molecule has 4 heterocycles. The third-order valence-electron chi connectivity index (χ3n) is 7.41. The Bertz CT molecular complexity index is 1120. The first kappa shape index (κ1) is 24.2. The number of carbonyl (C=O) groups excluding carboxylic acids is 1. The van der Waals surface area contributed by atoms with Gasteiger partial charge in [-0.3, -0.25) is 14.7 Å². The number of aromatic nitrogens is 1. The molecule has 35 heavy (non-hydrogen) atoms. The van der Waals surface area contributed by atoms with Gasteiger partial charge in [-0.05, 0) is 61.6 Å². The molecule has 0 atom stereocenters. The van der Waals surface area contributed by atoms with Crippen LogP contribution >= 0.6 is 0 Å². The van der Waals surface area contributed by atoms with E-state index in [0.717, 1.165) is 70.5 Å². The van der Waals surface area contributed by atoms with E-state index in [-0.39, 0.29) is 10.8 Å². The maximum atomic E-state index is 13.8. The molecular weight excluding hydrogens is 462 g/mol. The molecule has 0 radical (unpaired) electrons. The summed E-state index contributed by atoms with van der Waals surface area (Å²) in [6.07, 6.45) is 8.64. The molecule has 1 aromatic heterocycles. The van der Waals surface area contributed by atoms with Crippen molar-refractivity contribution in [2.24, 2.45) is 0 Å². The fraction of sp³-hybridized carbons (Fsp3) is 0.538. The summed E-state index contributed by atoms with van der Waals surface area (Å²) < 4.78 is 28.3. The first-order valence-corrected chi connectivity index (χ1v) is 14.3. The van der Waals surface area contributed by atoms with Gasteiger partial charge in [-0.25, -0.2) is 8.42 Å². The molecule has 1 amide bonds. The van der Waals surface area contributed by atoms with Crippen LogP contribution in [0.15, 0.2) is 47.6 Å². The van der Waals surface area contributed by atoms with Crippen LogP contribution in [-0.4, -0.2) is 85.8 Å². The summed E-state index contributed by atoms with van der Waals surface area (Å²) in [5.41, 5.74) is 2.60. The molecule has 9 heteroatoms. The van der Waals surface area contributed by atoms with Crippen LogP contribution in [0.4, 0.5) is 5.69 Å². The molecule has 0 unspecified atom stereocenters. The molecule has 0 saturated carbocycles. The molecule has 3 saturated heterocycles. The van der Waals surface area contributed by atoms with Crippen LogP contribution in [0.2, 0.25) is 0 Å². The standard InChI is InChI=1S/C26H35N5O3S/c32-26(30-18-16-28(17-19-30)21-22-8-10-27-11-9-22)24-20-23(6-7-25(24)29-12-4-5-13-29)35(33,34)31-14-2-1-3-15-31/h6-11,20H,1-5,12-19,21H2. The number of benzene rings is 1. The number of anilines is 1. The zero-order valence-electron chi connectivity index (χ0n) is 20.3. The molecule has 8 nitrogen and oxygen atoms in total. The van der Waals surface area contributed by atoms with Crippen molar-refractivity contribution in [1.29, 1.82) is 0 Å². The number of nitrogens with zero attached hydrogens (tertiary/aromatic N) is 5. The summed E-state index contributed by atoms with van der Waals surface area (Å²) in [4.78, 5) is 24.5. The molecule has 3 aliphatic rings. The van der Waals surface area contributed by atoms with E-state index in [0.29, 0.717) is 31.7 Å². The number of carbonyl (C=O) groups is 1. The van der Waals surface area contributed by atoms with Gasteiger partial charge in [-0.2, -0.15) is 4.31 Å². The van der Waals surface area contributed by atoms with Gasteiger partial charge in [-0.15, -0.1) is 0 Å². The van der Waals surface area contributed by atoms with Crippen molar-refractivity contribution in [3.05, 3.63) is 53.9 Å². The van der Waals surface area contributed by atoms with E-state index in [9.17, 15) is 13.2 Å². The molecule has 188 valence electrons. The third kappa shape index (κ3) is 5.37. The second-order valence-corrected chi connectivity index (χ2v) is 11.7. The molecule has 3 aliphatic heterocycles. The minimum Gasteiger partial charge on any atom is -0.371 e. The summed E-state index contributed by atoms with van der Waals surface area (Å²) >= 11 is 0. The van der Waals surface area contributed by atoms with Gasteiger partial charge < -0.3 is 9.80 Å². The SMILES string of the molecule is O=C(c1cc(S(=O)(=O)N2CCCCC2)ccc1N1CCCC1)N1CCN(Cc2ccncc2)CC1. The Hall–Kier alpha value is -2.49. The lowest BCUT2D eigenvalue weighted by Gasteiger charge is -2.35. The van der Waals surface area contributed by atoms with Gasteiger partial charge in [0.1, 0.15) is 0 Å². The number of amides is 1. The second-order valence-electron chi connectivity index (χ2n) is 9.76. The van der Waals surface area contributed by atoms with E-state index in [1.165, 1.54) is 5.56 Å². The smallest absolute Gasteiger partial charge is 0.256 e. The summed E-state index contributed by atoms with van der Waals surface area (Å²) in [6.45, 7) is 6.60. The Morgan fingerprint density at radius 3 is 2.14 bits per heavy atom. The predicted molar refractivity (Wildman–Crippen MR) is 136 cm³/mol. The lowest BCUT2D eigenvalue weighted by molar-refractivity contribution is 0.0629. The van der Waals surface area contributed by atoms with Crippen molar-refractivity contribution in [1.82, 2.24) is 19.1 Å². The van der Waals surface area contributed by atoms with Gasteiger partial charge in [0, 0.05) is 77.0 Å². The molecule has 1 aromatic carbocycles. The summed E-state index contributed by atoms with van der Waals surface area (Å²) in [7, 11) is -3.60. The molecule has 0 N–H and O–H groups in total. The van der Waals surface area contributed by atoms with Crippen molar-refractivity contribution in [2.45, 2.75) is 43.5 Å². The van der Waals surface area contributed by atoms with Gasteiger partial charge >= 0.3 is 0 Å². The minimum absolute atomic E-state index is 0.0637. The van der Waals surface area contributed by atoms with E-state index in [4.69, 9.17) is 0 Å². The number of rotatable bonds is 6. The summed E-state index contributed by atoms with van der Waals surface area (Å²) in [6, 6.07) is 9.24. The normalized spacial score (nSPS) is 20.3. The summed E-state index contributed by atoms with van der Waals surface area (Å²) in [5.74, 6) is -0.0637. The number of sulfonamides is 1. The molecular formula is C26H35N5O3S. The Morgan fingerprint density at radius 2 is 1.46 bits per heavy atom. The monoisotopic (exact) mass is 497 g/mol. The number of pyridine rings is 1. The van der Waals surface area contributed by atoms with E-state index in [2.05, 4.69) is 14.8 Å². The first-order valence-electron chi connectivity index (χ1n) is 12.8. The first-order chi connectivity index (χ1) is 17.0. The van der Waals surface area contributed by atoms with E-state index in [1.807, 2.05) is 23.1 Å². The van der Waals surface area contributed by atoms with Crippen LogP contribution in [-0.2, 0) is 16.6 Å². The molecule has 5 rings (SSSR count). The number of piperazine rings is 1. The predicted octanol–water partition coefficient (Wildman–Crippen LogP) is 2.81. The average Bonchev–Trinajstić information content (AvgIpc) is 3.44. The number of piperidine rings is 1. The lowest BCUT2D eigenvalue weighted by atomic mass is 10.1. The van der Waals surface area contributed by atoms with Crippen LogP contribution in [0, 0.1) is 0 Å². The van der Waals surface area contributed by atoms with E-state index >= 15 is 0 Å². The average molecular weight is 498 g/mol. The Labute approximate surface area is 208 Å². The molecule has 3 fully saturated rings. The van der Waals surface area contributed by atoms with Crippen molar-refractivity contribution < 1.29 is 13.2 Å². The van der Waals surface area contributed by atoms with E-state index < -0.39 is 10.0 Å². The maximum absolute atomic E-state index is 13.8. The van der Waals surface area contributed by atoms with Crippen molar-refractivity contribution in [3.63, 3.8) is 0 Å². The van der Waals surface area contributed by atoms with Crippen LogP contribution in [0.25, 0.3) is 0 Å². The van der Waals surface area contributed by atoms with Gasteiger partial charge in [-0.1, -0.05) is 6.42 Å². The highest BCUT2D eigenvalue weighted by molar-refractivity contribution is 7.89. The van der Waals surface area contributed by atoms with Crippen LogP contribution in [0.3, 0.4) is 0 Å². The Morgan fingerprint density at radius 1 is 0.800 bits per heavy atom. The molecule has 2 aromatic rings. The van der Waals surface area contributed by atoms with Gasteiger partial charge in [0.05, 0.1) is 10.5 Å². The van der Waals surface area contributed by atoms with Crippen molar-refractivity contribution in [2.75, 3.05) is 57.3 Å². The zero-order valence-corrected chi connectivity index (χ0v) is 21.1. The lowest BCUT2D eigenvalue weighted by Crippen LogP contribution is -2.48. The van der Waals surface area contributed by atoms with Crippen molar-refractivity contribution >= 4 is 21.6 Å². The quantitative estimate of drug-likeness (QED) is 0.611. The zero-order chi connectivity index (χ0) is 24.3. The van der Waals surface area contributed by atoms with Crippen molar-refractivity contribution in [3.8, 4) is 0 Å².